The summed E-state index contributed by atoms with van der Waals surface area (Å²) in [5.74, 6) is 0.780. The van der Waals surface area contributed by atoms with E-state index in [1.54, 1.807) is 0 Å². The number of rotatable bonds is 5. The molecule has 0 spiro atoms. The third-order valence-electron chi connectivity index (χ3n) is 5.91. The first-order chi connectivity index (χ1) is 12.8. The monoisotopic (exact) mass is 354 g/mol. The molecular weight excluding hydrogens is 327 g/mol. The molecule has 1 saturated heterocycles. The molecule has 0 aliphatic carbocycles. The Kier molecular flexibility index (Phi) is 5.43. The minimum atomic E-state index is -0.0333. The molecule has 1 N–H and O–H groups in total. The molecule has 26 heavy (non-hydrogen) atoms. The Morgan fingerprint density at radius 2 is 2.12 bits per heavy atom. The zero-order valence-electron chi connectivity index (χ0n) is 15.5. The molecule has 3 heterocycles. The molecule has 0 atom stereocenters. The van der Waals surface area contributed by atoms with Crippen molar-refractivity contribution in [3.8, 4) is 0 Å². The van der Waals surface area contributed by atoms with Gasteiger partial charge in [-0.3, -0.25) is 0 Å². The molecule has 0 unspecified atom stereocenters. The molecule has 0 radical (unpaired) electrons. The molecule has 2 aliphatic heterocycles. The predicted molar refractivity (Wildman–Crippen MR) is 105 cm³/mol. The van der Waals surface area contributed by atoms with Crippen LogP contribution in [0, 0.1) is 5.92 Å². The molecule has 0 amide bonds. The summed E-state index contributed by atoms with van der Waals surface area (Å²) in [4.78, 5) is 2.40. The van der Waals surface area contributed by atoms with Gasteiger partial charge in [0, 0.05) is 10.9 Å². The number of fused-ring (bicyclic) bond motifs is 1. The van der Waals surface area contributed by atoms with Gasteiger partial charge in [0.25, 0.3) is 0 Å². The van der Waals surface area contributed by atoms with Crippen LogP contribution in [0.2, 0.25) is 0 Å². The van der Waals surface area contributed by atoms with Crippen molar-refractivity contribution in [2.24, 2.45) is 5.92 Å². The van der Waals surface area contributed by atoms with E-state index in [1.807, 2.05) is 0 Å². The second-order valence-electron chi connectivity index (χ2n) is 7.60. The van der Waals surface area contributed by atoms with Crippen LogP contribution in [0.15, 0.2) is 22.7 Å². The van der Waals surface area contributed by atoms with Crippen LogP contribution in [0.5, 0.6) is 0 Å². The Morgan fingerprint density at radius 1 is 1.27 bits per heavy atom. The average molecular weight is 354 g/mol. The lowest BCUT2D eigenvalue weighted by Gasteiger charge is -2.29. The summed E-state index contributed by atoms with van der Waals surface area (Å²) >= 11 is 0. The molecule has 1 aromatic heterocycles. The van der Waals surface area contributed by atoms with Crippen molar-refractivity contribution in [2.75, 3.05) is 26.3 Å². The fraction of sp³-hybridized carbons (Fsp3) is 0.550. The lowest BCUT2D eigenvalue weighted by molar-refractivity contribution is 0.161. The first-order valence-corrected chi connectivity index (χ1v) is 9.73. The molecule has 0 saturated carbocycles. The Hall–Kier alpha value is -1.63. The van der Waals surface area contributed by atoms with Crippen LogP contribution in [0.1, 0.15) is 42.5 Å². The van der Waals surface area contributed by atoms with Crippen molar-refractivity contribution in [3.05, 3.63) is 35.0 Å². The predicted octanol–water partition coefficient (Wildman–Crippen LogP) is 2.32. The highest BCUT2D eigenvalue weighted by Gasteiger charge is 2.20. The van der Waals surface area contributed by atoms with Gasteiger partial charge in [-0.05, 0) is 68.3 Å². The Labute approximate surface area is 155 Å². The van der Waals surface area contributed by atoms with Crippen LogP contribution in [0.25, 0.3) is 16.5 Å². The molecule has 2 aromatic rings. The topological polar surface area (TPSA) is 58.7 Å². The summed E-state index contributed by atoms with van der Waals surface area (Å²) in [5.41, 5.74) is 4.93. The second-order valence-corrected chi connectivity index (χ2v) is 7.60. The van der Waals surface area contributed by atoms with E-state index in [9.17, 15) is 5.11 Å². The summed E-state index contributed by atoms with van der Waals surface area (Å²) in [5, 5.41) is 15.4. The van der Waals surface area contributed by atoms with E-state index in [1.165, 1.54) is 31.5 Å². The maximum absolute atomic E-state index is 9.96. The minimum absolute atomic E-state index is 0.0333. The van der Waals surface area contributed by atoms with Gasteiger partial charge in [-0.15, -0.1) is 0 Å². The van der Waals surface area contributed by atoms with E-state index in [-0.39, 0.29) is 6.61 Å². The van der Waals surface area contributed by atoms with Crippen molar-refractivity contribution in [1.29, 1.82) is 0 Å². The van der Waals surface area contributed by atoms with Gasteiger partial charge < -0.3 is 19.2 Å². The summed E-state index contributed by atoms with van der Waals surface area (Å²) in [6, 6.07) is 4.22. The summed E-state index contributed by atoms with van der Waals surface area (Å²) < 4.78 is 11.1. The van der Waals surface area contributed by atoms with Gasteiger partial charge in [-0.25, -0.2) is 0 Å². The van der Waals surface area contributed by atoms with Crippen LogP contribution >= 0.6 is 0 Å². The minimum Gasteiger partial charge on any atom is -0.392 e. The highest BCUT2D eigenvalue weighted by atomic mass is 16.5. The lowest BCUT2D eigenvalue weighted by atomic mass is 9.89. The number of hydrogen-bond donors (Lipinski definition) is 1. The highest BCUT2D eigenvalue weighted by molar-refractivity contribution is 6.04. The van der Waals surface area contributed by atoms with Gasteiger partial charge in [0.05, 0.1) is 25.5 Å². The van der Waals surface area contributed by atoms with Crippen LogP contribution in [0.4, 0.5) is 0 Å². The van der Waals surface area contributed by atoms with Gasteiger partial charge in [0.1, 0.15) is 0 Å². The lowest BCUT2D eigenvalue weighted by Crippen LogP contribution is -2.31. The molecule has 1 aromatic carbocycles. The molecular formula is C20H27BN2O3. The van der Waals surface area contributed by atoms with Crippen molar-refractivity contribution in [3.63, 3.8) is 0 Å². The Morgan fingerprint density at radius 3 is 2.85 bits per heavy atom. The smallest absolute Gasteiger partial charge is 0.185 e. The van der Waals surface area contributed by atoms with E-state index in [4.69, 9.17) is 9.26 Å². The first kappa shape index (κ1) is 17.8. The normalized spacial score (nSPS) is 19.8. The number of aryl methyl sites for hydroxylation is 1. The molecule has 2 aliphatic rings. The molecule has 6 heteroatoms. The zero-order chi connectivity index (χ0) is 17.9. The number of hydrogen-bond acceptors (Lipinski definition) is 5. The maximum atomic E-state index is 9.96. The fourth-order valence-electron chi connectivity index (χ4n) is 4.21. The molecule has 4 rings (SSSR count). The first-order valence-electron chi connectivity index (χ1n) is 9.73. The van der Waals surface area contributed by atoms with Crippen molar-refractivity contribution in [1.82, 2.24) is 9.97 Å². The maximum Gasteiger partial charge on any atom is 0.185 e. The van der Waals surface area contributed by atoms with Gasteiger partial charge >= 0.3 is 0 Å². The van der Waals surface area contributed by atoms with Crippen molar-refractivity contribution >= 4 is 24.5 Å². The fourth-order valence-corrected chi connectivity index (χ4v) is 4.21. The van der Waals surface area contributed by atoms with Crippen molar-refractivity contribution < 1.29 is 14.4 Å². The average Bonchev–Trinajstić information content (AvgIpc) is 3.10. The number of benzene rings is 1. The van der Waals surface area contributed by atoms with Gasteiger partial charge in [-0.2, -0.15) is 0 Å². The standard InChI is InChI=1S/C20H27BN2O3/c21-23-9-5-14(6-10-23)1-4-19-17-3-2-16(15-7-11-25-12-8-15)18(13-24)20(17)26-22-19/h2-3,7,14,24H,1,4-6,8-13,21H2. The Balaban J connectivity index is 1.55. The summed E-state index contributed by atoms with van der Waals surface area (Å²) in [6.07, 6.45) is 7.62. The van der Waals surface area contributed by atoms with E-state index in [0.29, 0.717) is 6.61 Å². The van der Waals surface area contributed by atoms with E-state index >= 15 is 0 Å². The molecule has 0 bridgehead atoms. The molecule has 1 fully saturated rings. The Bertz CT molecular complexity index is 794. The summed E-state index contributed by atoms with van der Waals surface area (Å²) in [6.45, 7) is 3.72. The second kappa shape index (κ2) is 7.95. The van der Waals surface area contributed by atoms with E-state index < -0.39 is 0 Å². The van der Waals surface area contributed by atoms with Gasteiger partial charge in [0.15, 0.2) is 13.6 Å². The summed E-state index contributed by atoms with van der Waals surface area (Å²) in [7, 11) is 2.20. The number of aromatic nitrogens is 1. The van der Waals surface area contributed by atoms with Crippen molar-refractivity contribution in [2.45, 2.75) is 38.7 Å². The zero-order valence-corrected chi connectivity index (χ0v) is 15.5. The molecule has 5 nitrogen and oxygen atoms in total. The number of piperidine rings is 1. The van der Waals surface area contributed by atoms with E-state index in [2.05, 4.69) is 36.2 Å². The third-order valence-corrected chi connectivity index (χ3v) is 5.91. The largest absolute Gasteiger partial charge is 0.392 e. The van der Waals surface area contributed by atoms with Crippen LogP contribution < -0.4 is 0 Å². The quantitative estimate of drug-likeness (QED) is 0.835. The number of ether oxygens (including phenoxy) is 1. The third kappa shape index (κ3) is 3.59. The van der Waals surface area contributed by atoms with Crippen LogP contribution in [-0.4, -0.2) is 49.4 Å². The van der Waals surface area contributed by atoms with Gasteiger partial charge in [0.2, 0.25) is 0 Å². The van der Waals surface area contributed by atoms with Gasteiger partial charge in [-0.1, -0.05) is 17.3 Å². The van der Waals surface area contributed by atoms with Crippen LogP contribution in [0.3, 0.4) is 0 Å². The highest BCUT2D eigenvalue weighted by Crippen LogP contribution is 2.33. The van der Waals surface area contributed by atoms with Crippen LogP contribution in [-0.2, 0) is 17.8 Å². The van der Waals surface area contributed by atoms with E-state index in [0.717, 1.165) is 59.6 Å². The number of aliphatic hydroxyl groups is 1. The number of nitrogens with zero attached hydrogens (tertiary/aromatic N) is 2. The molecule has 138 valence electrons. The number of aliphatic hydroxyl groups excluding tert-OH is 1. The SMILES string of the molecule is BN1CCC(CCc2noc3c(CO)c(C4=CCOCC4)ccc23)CC1.